The molecule has 4 heteroatoms. The molecule has 106 valence electrons. The molecule has 0 unspecified atom stereocenters. The van der Waals surface area contributed by atoms with Crippen LogP contribution in [0.15, 0.2) is 53.0 Å². The molecule has 0 atom stereocenters. The summed E-state index contributed by atoms with van der Waals surface area (Å²) < 4.78 is 17.4. The maximum atomic E-state index is 5.70. The highest BCUT2D eigenvalue weighted by atomic mass is 79.9. The van der Waals surface area contributed by atoms with Gasteiger partial charge in [0.2, 0.25) is 0 Å². The summed E-state index contributed by atoms with van der Waals surface area (Å²) in [6.07, 6.45) is 0. The Morgan fingerprint density at radius 1 is 0.950 bits per heavy atom. The Morgan fingerprint density at radius 3 is 2.50 bits per heavy atom. The molecule has 0 saturated heterocycles. The second kappa shape index (κ2) is 7.92. The molecule has 20 heavy (non-hydrogen) atoms. The number of para-hydroxylation sites is 1. The van der Waals surface area contributed by atoms with Crippen molar-refractivity contribution >= 4 is 15.9 Å². The fourth-order valence-corrected chi connectivity index (χ4v) is 2.22. The van der Waals surface area contributed by atoms with Crippen LogP contribution in [0.3, 0.4) is 0 Å². The number of ether oxygens (including phenoxy) is 3. The Bertz CT molecular complexity index is 529. The summed E-state index contributed by atoms with van der Waals surface area (Å²) in [5.41, 5.74) is 1.16. The van der Waals surface area contributed by atoms with Crippen LogP contribution >= 0.6 is 15.9 Å². The van der Waals surface area contributed by atoms with E-state index in [0.29, 0.717) is 31.3 Å². The molecule has 0 aromatic heterocycles. The number of rotatable bonds is 7. The van der Waals surface area contributed by atoms with Gasteiger partial charge in [-0.25, -0.2) is 0 Å². The van der Waals surface area contributed by atoms with Crippen LogP contribution in [0.4, 0.5) is 0 Å². The van der Waals surface area contributed by atoms with E-state index in [-0.39, 0.29) is 0 Å². The average molecular weight is 337 g/mol. The van der Waals surface area contributed by atoms with E-state index in [1.807, 2.05) is 48.5 Å². The Balaban J connectivity index is 1.76. The third kappa shape index (κ3) is 4.25. The van der Waals surface area contributed by atoms with Crippen molar-refractivity contribution in [3.63, 3.8) is 0 Å². The van der Waals surface area contributed by atoms with Gasteiger partial charge in [0.15, 0.2) is 11.5 Å². The van der Waals surface area contributed by atoms with E-state index in [1.54, 1.807) is 7.11 Å². The van der Waals surface area contributed by atoms with Gasteiger partial charge in [-0.05, 0) is 33.6 Å². The van der Waals surface area contributed by atoms with Crippen LogP contribution in [0.1, 0.15) is 5.56 Å². The molecule has 2 aromatic rings. The first-order valence-electron chi connectivity index (χ1n) is 6.38. The zero-order chi connectivity index (χ0) is 14.2. The van der Waals surface area contributed by atoms with E-state index in [1.165, 1.54) is 0 Å². The van der Waals surface area contributed by atoms with E-state index >= 15 is 0 Å². The van der Waals surface area contributed by atoms with Crippen LogP contribution in [-0.2, 0) is 11.3 Å². The lowest BCUT2D eigenvalue weighted by Crippen LogP contribution is -2.07. The van der Waals surface area contributed by atoms with Gasteiger partial charge in [-0.15, -0.1) is 0 Å². The minimum absolute atomic E-state index is 0.478. The number of hydrogen-bond acceptors (Lipinski definition) is 3. The summed E-state index contributed by atoms with van der Waals surface area (Å²) in [6.45, 7) is 1.60. The third-order valence-corrected chi connectivity index (χ3v) is 3.36. The van der Waals surface area contributed by atoms with E-state index < -0.39 is 0 Å². The summed E-state index contributed by atoms with van der Waals surface area (Å²) >= 11 is 3.45. The zero-order valence-corrected chi connectivity index (χ0v) is 12.9. The molecule has 0 aliphatic rings. The first kappa shape index (κ1) is 14.9. The van der Waals surface area contributed by atoms with Gasteiger partial charge in [0.25, 0.3) is 0 Å². The van der Waals surface area contributed by atoms with Crippen molar-refractivity contribution in [1.29, 1.82) is 0 Å². The van der Waals surface area contributed by atoms with Crippen molar-refractivity contribution in [2.45, 2.75) is 6.61 Å². The molecular formula is C16H17BrO3. The molecule has 0 spiro atoms. The normalized spacial score (nSPS) is 10.3. The van der Waals surface area contributed by atoms with Crippen molar-refractivity contribution in [3.05, 3.63) is 58.6 Å². The highest BCUT2D eigenvalue weighted by molar-refractivity contribution is 9.10. The Kier molecular flexibility index (Phi) is 5.89. The van der Waals surface area contributed by atoms with Crippen LogP contribution in [-0.4, -0.2) is 20.3 Å². The van der Waals surface area contributed by atoms with Crippen LogP contribution in [0.5, 0.6) is 11.5 Å². The van der Waals surface area contributed by atoms with E-state index in [9.17, 15) is 0 Å². The number of halogens is 1. The molecular weight excluding hydrogens is 320 g/mol. The predicted octanol–water partition coefficient (Wildman–Crippen LogP) is 4.05. The molecule has 0 heterocycles. The molecule has 0 radical (unpaired) electrons. The second-order valence-electron chi connectivity index (χ2n) is 4.16. The minimum Gasteiger partial charge on any atom is -0.493 e. The van der Waals surface area contributed by atoms with Crippen molar-refractivity contribution in [3.8, 4) is 11.5 Å². The Morgan fingerprint density at radius 2 is 1.75 bits per heavy atom. The Labute approximate surface area is 127 Å². The standard InChI is InChI=1S/C16H17BrO3/c1-18-15-9-5-8-14(17)16(15)20-11-10-19-12-13-6-3-2-4-7-13/h2-9H,10-12H2,1H3. The highest BCUT2D eigenvalue weighted by Crippen LogP contribution is 2.34. The summed E-state index contributed by atoms with van der Waals surface area (Å²) in [6, 6.07) is 15.8. The molecule has 0 aliphatic carbocycles. The molecule has 2 rings (SSSR count). The highest BCUT2D eigenvalue weighted by Gasteiger charge is 2.07. The lowest BCUT2D eigenvalue weighted by Gasteiger charge is -2.12. The van der Waals surface area contributed by atoms with Crippen LogP contribution < -0.4 is 9.47 Å². The first-order chi connectivity index (χ1) is 9.81. The van der Waals surface area contributed by atoms with Crippen molar-refractivity contribution in [2.24, 2.45) is 0 Å². The van der Waals surface area contributed by atoms with E-state index in [4.69, 9.17) is 14.2 Å². The van der Waals surface area contributed by atoms with Gasteiger partial charge in [-0.1, -0.05) is 36.4 Å². The average Bonchev–Trinajstić information content (AvgIpc) is 2.49. The maximum Gasteiger partial charge on any atom is 0.175 e. The van der Waals surface area contributed by atoms with Crippen molar-refractivity contribution in [2.75, 3.05) is 20.3 Å². The van der Waals surface area contributed by atoms with Gasteiger partial charge in [-0.3, -0.25) is 0 Å². The summed E-state index contributed by atoms with van der Waals surface area (Å²) in [7, 11) is 1.63. The van der Waals surface area contributed by atoms with Gasteiger partial charge in [0.05, 0.1) is 24.8 Å². The Hall–Kier alpha value is -1.52. The summed E-state index contributed by atoms with van der Waals surface area (Å²) in [5, 5.41) is 0. The zero-order valence-electron chi connectivity index (χ0n) is 11.3. The molecule has 0 saturated carbocycles. The van der Waals surface area contributed by atoms with E-state index in [0.717, 1.165) is 10.0 Å². The molecule has 0 aliphatic heterocycles. The van der Waals surface area contributed by atoms with Crippen LogP contribution in [0, 0.1) is 0 Å². The first-order valence-corrected chi connectivity index (χ1v) is 7.17. The monoisotopic (exact) mass is 336 g/mol. The maximum absolute atomic E-state index is 5.70. The van der Waals surface area contributed by atoms with Crippen LogP contribution in [0.2, 0.25) is 0 Å². The van der Waals surface area contributed by atoms with Gasteiger partial charge in [0.1, 0.15) is 6.61 Å². The second-order valence-corrected chi connectivity index (χ2v) is 5.01. The van der Waals surface area contributed by atoms with Gasteiger partial charge in [0, 0.05) is 0 Å². The number of benzene rings is 2. The largest absolute Gasteiger partial charge is 0.493 e. The van der Waals surface area contributed by atoms with Crippen molar-refractivity contribution in [1.82, 2.24) is 0 Å². The minimum atomic E-state index is 0.478. The smallest absolute Gasteiger partial charge is 0.175 e. The number of methoxy groups -OCH3 is 1. The lowest BCUT2D eigenvalue weighted by atomic mass is 10.2. The van der Waals surface area contributed by atoms with Crippen molar-refractivity contribution < 1.29 is 14.2 Å². The van der Waals surface area contributed by atoms with Gasteiger partial charge < -0.3 is 14.2 Å². The molecule has 0 N–H and O–H groups in total. The fourth-order valence-electron chi connectivity index (χ4n) is 1.76. The molecule has 0 bridgehead atoms. The molecule has 0 fully saturated rings. The predicted molar refractivity (Wildman–Crippen MR) is 82.3 cm³/mol. The quantitative estimate of drug-likeness (QED) is 0.714. The number of hydrogen-bond donors (Lipinski definition) is 0. The molecule has 2 aromatic carbocycles. The van der Waals surface area contributed by atoms with Gasteiger partial charge in [-0.2, -0.15) is 0 Å². The van der Waals surface area contributed by atoms with E-state index in [2.05, 4.69) is 15.9 Å². The molecule has 3 nitrogen and oxygen atoms in total. The summed E-state index contributed by atoms with van der Waals surface area (Å²) in [5.74, 6) is 1.42. The SMILES string of the molecule is COc1cccc(Br)c1OCCOCc1ccccc1. The topological polar surface area (TPSA) is 27.7 Å². The molecule has 0 amide bonds. The van der Waals surface area contributed by atoms with Crippen LogP contribution in [0.25, 0.3) is 0 Å². The van der Waals surface area contributed by atoms with Gasteiger partial charge >= 0.3 is 0 Å². The lowest BCUT2D eigenvalue weighted by molar-refractivity contribution is 0.0877. The fraction of sp³-hybridized carbons (Fsp3) is 0.250. The summed E-state index contributed by atoms with van der Waals surface area (Å²) in [4.78, 5) is 0. The third-order valence-electron chi connectivity index (χ3n) is 2.74.